The Labute approximate surface area is 66.3 Å². The first-order valence-corrected chi connectivity index (χ1v) is 3.60. The summed E-state index contributed by atoms with van der Waals surface area (Å²) in [6.45, 7) is 0.375. The Bertz CT molecular complexity index is 99.9. The number of aliphatic hydroxyl groups is 1. The Hall–Kier alpha value is -0.610. The summed E-state index contributed by atoms with van der Waals surface area (Å²) in [5, 5.41) is 8.82. The van der Waals surface area contributed by atoms with E-state index in [-0.39, 0.29) is 12.1 Å². The fourth-order valence-electron chi connectivity index (χ4n) is 0.992. The number of aliphatic hydroxyl groups excluding tert-OH is 1. The summed E-state index contributed by atoms with van der Waals surface area (Å²) in [7, 11) is 1.31. The number of rotatable bonds is 1. The highest BCUT2D eigenvalue weighted by molar-refractivity contribution is 5.36. The van der Waals surface area contributed by atoms with Crippen molar-refractivity contribution in [1.29, 1.82) is 0 Å². The van der Waals surface area contributed by atoms with E-state index in [4.69, 9.17) is 15.6 Å². The zero-order valence-corrected chi connectivity index (χ0v) is 6.69. The largest absolute Gasteiger partial charge is 0.471 e. The summed E-state index contributed by atoms with van der Waals surface area (Å²) in [6, 6.07) is 0.273. The minimum atomic E-state index is -0.102. The predicted molar refractivity (Wildman–Crippen MR) is 40.9 cm³/mol. The molecule has 66 valence electrons. The first kappa shape index (κ1) is 10.4. The second-order valence-electron chi connectivity index (χ2n) is 2.56. The van der Waals surface area contributed by atoms with Gasteiger partial charge < -0.3 is 15.6 Å². The third kappa shape index (κ3) is 5.82. The maximum absolute atomic E-state index is 8.95. The van der Waals surface area contributed by atoms with E-state index in [1.165, 1.54) is 7.11 Å². The monoisotopic (exact) mass is 161 g/mol. The van der Waals surface area contributed by atoms with Gasteiger partial charge in [0.2, 0.25) is 0 Å². The van der Waals surface area contributed by atoms with Gasteiger partial charge in [-0.25, -0.2) is 0 Å². The molecule has 0 aliphatic heterocycles. The highest BCUT2D eigenvalue weighted by Gasteiger charge is 2.18. The summed E-state index contributed by atoms with van der Waals surface area (Å²) >= 11 is 0. The van der Waals surface area contributed by atoms with Crippen molar-refractivity contribution in [2.45, 2.75) is 31.4 Å². The molecule has 0 aromatic heterocycles. The lowest BCUT2D eigenvalue weighted by molar-refractivity contribution is -0.126. The zero-order valence-electron chi connectivity index (χ0n) is 6.69. The standard InChI is InChI=1S/C5H11NO.C2H4O2/c6-4-1-2-5(7)3-4;1-4-2-3/h4-5,7H,1-3,6H2;2H,1H3/t4-,5?;/m0./s1. The van der Waals surface area contributed by atoms with Gasteiger partial charge in [-0.1, -0.05) is 0 Å². The van der Waals surface area contributed by atoms with Crippen molar-refractivity contribution in [2.75, 3.05) is 7.11 Å². The number of hydrogen-bond acceptors (Lipinski definition) is 4. The van der Waals surface area contributed by atoms with Gasteiger partial charge >= 0.3 is 0 Å². The van der Waals surface area contributed by atoms with Crippen molar-refractivity contribution < 1.29 is 14.6 Å². The van der Waals surface area contributed by atoms with Crippen LogP contribution >= 0.6 is 0 Å². The van der Waals surface area contributed by atoms with E-state index in [1.54, 1.807) is 0 Å². The van der Waals surface area contributed by atoms with E-state index in [9.17, 15) is 0 Å². The van der Waals surface area contributed by atoms with Crippen LogP contribution in [0.25, 0.3) is 0 Å². The summed E-state index contributed by atoms with van der Waals surface area (Å²) in [6.07, 6.45) is 2.61. The van der Waals surface area contributed by atoms with Crippen molar-refractivity contribution in [3.8, 4) is 0 Å². The number of nitrogens with two attached hydrogens (primary N) is 1. The predicted octanol–water partition coefficient (Wildman–Crippen LogP) is -0.352. The van der Waals surface area contributed by atoms with Gasteiger partial charge in [0.15, 0.2) is 0 Å². The summed E-state index contributed by atoms with van der Waals surface area (Å²) in [5.74, 6) is 0. The Morgan fingerprint density at radius 3 is 2.27 bits per heavy atom. The van der Waals surface area contributed by atoms with Crippen LogP contribution in [-0.2, 0) is 9.53 Å². The van der Waals surface area contributed by atoms with Crippen LogP contribution in [0.5, 0.6) is 0 Å². The average molecular weight is 161 g/mol. The van der Waals surface area contributed by atoms with Crippen LogP contribution in [0.2, 0.25) is 0 Å². The van der Waals surface area contributed by atoms with Gasteiger partial charge in [0.05, 0.1) is 13.2 Å². The molecule has 1 fully saturated rings. The molecule has 11 heavy (non-hydrogen) atoms. The van der Waals surface area contributed by atoms with Crippen LogP contribution in [0.1, 0.15) is 19.3 Å². The minimum Gasteiger partial charge on any atom is -0.471 e. The smallest absolute Gasteiger partial charge is 0.292 e. The molecule has 0 saturated heterocycles. The second-order valence-corrected chi connectivity index (χ2v) is 2.56. The van der Waals surface area contributed by atoms with Crippen molar-refractivity contribution >= 4 is 6.47 Å². The van der Waals surface area contributed by atoms with Gasteiger partial charge in [0.1, 0.15) is 0 Å². The highest BCUT2D eigenvalue weighted by Crippen LogP contribution is 2.15. The normalized spacial score (nSPS) is 28.6. The quantitative estimate of drug-likeness (QED) is 0.515. The number of methoxy groups -OCH3 is 1. The molecule has 1 saturated carbocycles. The van der Waals surface area contributed by atoms with E-state index < -0.39 is 0 Å². The first-order valence-electron chi connectivity index (χ1n) is 3.60. The van der Waals surface area contributed by atoms with Gasteiger partial charge in [0, 0.05) is 6.04 Å². The van der Waals surface area contributed by atoms with E-state index in [0.717, 1.165) is 19.3 Å². The molecular formula is C7H15NO3. The molecule has 0 heterocycles. The van der Waals surface area contributed by atoms with Crippen LogP contribution < -0.4 is 5.73 Å². The maximum atomic E-state index is 8.95. The molecule has 1 aliphatic rings. The Kier molecular flexibility index (Phi) is 5.78. The second kappa shape index (κ2) is 6.12. The first-order chi connectivity index (χ1) is 5.20. The highest BCUT2D eigenvalue weighted by atomic mass is 16.5. The van der Waals surface area contributed by atoms with Crippen LogP contribution in [-0.4, -0.2) is 30.8 Å². The molecule has 0 amide bonds. The lowest BCUT2D eigenvalue weighted by Crippen LogP contribution is -2.15. The molecule has 0 spiro atoms. The molecule has 4 nitrogen and oxygen atoms in total. The number of ether oxygens (including phenoxy) is 1. The summed E-state index contributed by atoms with van der Waals surface area (Å²) < 4.78 is 3.86. The molecule has 0 aromatic rings. The third-order valence-electron chi connectivity index (χ3n) is 1.54. The molecule has 0 radical (unpaired) electrons. The van der Waals surface area contributed by atoms with Crippen LogP contribution in [0, 0.1) is 0 Å². The summed E-state index contributed by atoms with van der Waals surface area (Å²) in [4.78, 5) is 8.95. The van der Waals surface area contributed by atoms with Gasteiger partial charge in [-0.05, 0) is 19.3 Å². The molecule has 1 unspecified atom stereocenters. The number of carbonyl (C=O) groups is 1. The van der Waals surface area contributed by atoms with Gasteiger partial charge in [0.25, 0.3) is 6.47 Å². The average Bonchev–Trinajstić information content (AvgIpc) is 2.35. The van der Waals surface area contributed by atoms with Gasteiger partial charge in [-0.2, -0.15) is 0 Å². The van der Waals surface area contributed by atoms with Gasteiger partial charge in [-0.15, -0.1) is 0 Å². The fraction of sp³-hybridized carbons (Fsp3) is 0.857. The van der Waals surface area contributed by atoms with Crippen LogP contribution in [0.4, 0.5) is 0 Å². The van der Waals surface area contributed by atoms with Crippen molar-refractivity contribution in [1.82, 2.24) is 0 Å². The van der Waals surface area contributed by atoms with E-state index in [0.29, 0.717) is 6.47 Å². The molecule has 1 rings (SSSR count). The van der Waals surface area contributed by atoms with E-state index in [2.05, 4.69) is 4.74 Å². The van der Waals surface area contributed by atoms with Crippen molar-refractivity contribution in [2.24, 2.45) is 5.73 Å². The molecule has 4 heteroatoms. The fourth-order valence-corrected chi connectivity index (χ4v) is 0.992. The van der Waals surface area contributed by atoms with Crippen molar-refractivity contribution in [3.05, 3.63) is 0 Å². The molecule has 3 N–H and O–H groups in total. The molecule has 1 aliphatic carbocycles. The lowest BCUT2D eigenvalue weighted by atomic mass is 10.3. The van der Waals surface area contributed by atoms with Crippen LogP contribution in [0.3, 0.4) is 0 Å². The van der Waals surface area contributed by atoms with E-state index >= 15 is 0 Å². The lowest BCUT2D eigenvalue weighted by Gasteiger charge is -1.96. The minimum absolute atomic E-state index is 0.102. The molecule has 0 bridgehead atoms. The Morgan fingerprint density at radius 1 is 1.64 bits per heavy atom. The van der Waals surface area contributed by atoms with Crippen LogP contribution in [0.15, 0.2) is 0 Å². The van der Waals surface area contributed by atoms with Crippen molar-refractivity contribution in [3.63, 3.8) is 0 Å². The topological polar surface area (TPSA) is 72.5 Å². The van der Waals surface area contributed by atoms with E-state index in [1.807, 2.05) is 0 Å². The molecular weight excluding hydrogens is 146 g/mol. The van der Waals surface area contributed by atoms with Gasteiger partial charge in [-0.3, -0.25) is 4.79 Å². The molecule has 2 atom stereocenters. The maximum Gasteiger partial charge on any atom is 0.292 e. The SMILES string of the molecule is COC=O.N[C@H]1CCC(O)C1. The zero-order chi connectivity index (χ0) is 8.69. The Morgan fingerprint density at radius 2 is 2.18 bits per heavy atom. The summed E-state index contributed by atoms with van der Waals surface area (Å²) in [5.41, 5.74) is 5.47. The number of hydrogen-bond donors (Lipinski definition) is 2. The molecule has 0 aromatic carbocycles. The Balaban J connectivity index is 0.000000218. The third-order valence-corrected chi connectivity index (χ3v) is 1.54. The number of carbonyl (C=O) groups excluding carboxylic acids is 1.